The smallest absolute Gasteiger partial charge is 0.240 e. The van der Waals surface area contributed by atoms with E-state index in [9.17, 15) is 20.1 Å². The van der Waals surface area contributed by atoms with Crippen molar-refractivity contribution < 1.29 is 14.3 Å². The summed E-state index contributed by atoms with van der Waals surface area (Å²) in [5, 5.41) is 20.5. The van der Waals surface area contributed by atoms with Crippen LogP contribution in [0.1, 0.15) is 93.4 Å². The molecule has 9 atom stereocenters. The van der Waals surface area contributed by atoms with Crippen molar-refractivity contribution in [3.8, 4) is 12.1 Å². The molecule has 0 aromatic rings. The second-order valence-electron chi connectivity index (χ2n) is 15.2. The molecule has 6 aliphatic rings. The van der Waals surface area contributed by atoms with Crippen molar-refractivity contribution in [2.45, 2.75) is 105 Å². The third kappa shape index (κ3) is 2.41. The first-order valence-electron chi connectivity index (χ1n) is 13.9. The summed E-state index contributed by atoms with van der Waals surface area (Å²) >= 11 is 0. The third-order valence-electron chi connectivity index (χ3n) is 12.9. The Labute approximate surface area is 215 Å². The number of hydrogen-bond donors (Lipinski definition) is 0. The Balaban J connectivity index is 1.53. The van der Waals surface area contributed by atoms with Crippen LogP contribution >= 0.6 is 0 Å². The molecule has 0 radical (unpaired) electrons. The summed E-state index contributed by atoms with van der Waals surface area (Å²) in [5.41, 5.74) is -2.31. The largest absolute Gasteiger partial charge is 0.342 e. The average molecular weight is 489 g/mol. The van der Waals surface area contributed by atoms with E-state index in [1.54, 1.807) is 0 Å². The number of hydrogen-bond acceptors (Lipinski definition) is 5. The van der Waals surface area contributed by atoms with Gasteiger partial charge < -0.3 is 4.74 Å². The molecule has 1 heterocycles. The molecule has 36 heavy (non-hydrogen) atoms. The summed E-state index contributed by atoms with van der Waals surface area (Å²) in [6.07, 6.45) is 7.75. The van der Waals surface area contributed by atoms with Crippen LogP contribution < -0.4 is 0 Å². The van der Waals surface area contributed by atoms with Gasteiger partial charge in [-0.15, -0.1) is 0 Å². The Bertz CT molecular complexity index is 1220. The first kappa shape index (κ1) is 24.4. The van der Waals surface area contributed by atoms with E-state index in [0.717, 1.165) is 50.5 Å². The predicted octanol–water partition coefficient (Wildman–Crippen LogP) is 5.94. The number of nitriles is 2. The van der Waals surface area contributed by atoms with Gasteiger partial charge >= 0.3 is 0 Å². The number of carbonyl (C=O) groups is 2. The lowest BCUT2D eigenvalue weighted by atomic mass is 9.33. The van der Waals surface area contributed by atoms with Crippen molar-refractivity contribution in [3.05, 3.63) is 11.6 Å². The molecular formula is C31H40N2O3. The van der Waals surface area contributed by atoms with Gasteiger partial charge in [0.2, 0.25) is 5.60 Å². The number of nitrogens with zero attached hydrogens (tertiary/aromatic N) is 2. The highest BCUT2D eigenvalue weighted by atomic mass is 16.6. The van der Waals surface area contributed by atoms with Gasteiger partial charge in [-0.25, -0.2) is 0 Å². The van der Waals surface area contributed by atoms with E-state index in [-0.39, 0.29) is 45.6 Å². The maximum Gasteiger partial charge on any atom is 0.240 e. The van der Waals surface area contributed by atoms with Crippen LogP contribution in [0.15, 0.2) is 11.6 Å². The molecule has 0 aromatic carbocycles. The summed E-state index contributed by atoms with van der Waals surface area (Å²) in [7, 11) is 0. The summed E-state index contributed by atoms with van der Waals surface area (Å²) in [4.78, 5) is 27.8. The van der Waals surface area contributed by atoms with Gasteiger partial charge in [-0.1, -0.05) is 54.0 Å². The molecule has 0 bridgehead atoms. The molecule has 6 rings (SSSR count). The molecule has 4 saturated carbocycles. The zero-order valence-corrected chi connectivity index (χ0v) is 23.0. The zero-order valence-electron chi connectivity index (χ0n) is 23.0. The van der Waals surface area contributed by atoms with E-state index in [4.69, 9.17) is 4.74 Å². The quantitative estimate of drug-likeness (QED) is 0.393. The Morgan fingerprint density at radius 1 is 0.917 bits per heavy atom. The minimum Gasteiger partial charge on any atom is -0.342 e. The van der Waals surface area contributed by atoms with Gasteiger partial charge in [0, 0.05) is 16.7 Å². The van der Waals surface area contributed by atoms with E-state index in [2.05, 4.69) is 46.8 Å². The lowest BCUT2D eigenvalue weighted by Crippen LogP contribution is -2.67. The predicted molar refractivity (Wildman–Crippen MR) is 134 cm³/mol. The molecule has 5 fully saturated rings. The summed E-state index contributed by atoms with van der Waals surface area (Å²) in [6, 6.07) is 4.98. The Morgan fingerprint density at radius 2 is 1.58 bits per heavy atom. The van der Waals surface area contributed by atoms with Crippen LogP contribution in [0.2, 0.25) is 0 Å². The van der Waals surface area contributed by atoms with Gasteiger partial charge in [0.1, 0.15) is 12.2 Å². The maximum absolute atomic E-state index is 14.3. The zero-order chi connectivity index (χ0) is 26.3. The van der Waals surface area contributed by atoms with Crippen LogP contribution in [0.5, 0.6) is 0 Å². The highest BCUT2D eigenvalue weighted by Gasteiger charge is 2.82. The van der Waals surface area contributed by atoms with Gasteiger partial charge in [-0.05, 0) is 79.1 Å². The van der Waals surface area contributed by atoms with Crippen molar-refractivity contribution in [3.63, 3.8) is 0 Å². The van der Waals surface area contributed by atoms with Crippen LogP contribution in [-0.2, 0) is 14.3 Å². The molecule has 0 spiro atoms. The highest BCUT2D eigenvalue weighted by molar-refractivity contribution is 6.01. The molecule has 0 amide bonds. The monoisotopic (exact) mass is 488 g/mol. The fourth-order valence-corrected chi connectivity index (χ4v) is 10.7. The lowest BCUT2D eigenvalue weighted by Gasteiger charge is -2.68. The molecule has 2 unspecified atom stereocenters. The summed E-state index contributed by atoms with van der Waals surface area (Å²) in [6.45, 7) is 15.3. The molecular weight excluding hydrogens is 448 g/mol. The molecule has 0 N–H and O–H groups in total. The molecule has 1 aliphatic heterocycles. The van der Waals surface area contributed by atoms with Crippen molar-refractivity contribution >= 4 is 11.6 Å². The van der Waals surface area contributed by atoms with Crippen molar-refractivity contribution in [2.24, 2.45) is 50.2 Å². The molecule has 192 valence electrons. The van der Waals surface area contributed by atoms with Gasteiger partial charge in [-0.3, -0.25) is 9.59 Å². The average Bonchev–Trinajstić information content (AvgIpc) is 3.56. The van der Waals surface area contributed by atoms with Crippen LogP contribution in [0.25, 0.3) is 0 Å². The number of epoxide rings is 1. The number of Topliss-reactive ketones (excluding diaryl/α,β-unsaturated/α-hetero) is 1. The van der Waals surface area contributed by atoms with E-state index in [1.165, 1.54) is 0 Å². The minimum absolute atomic E-state index is 0.0224. The van der Waals surface area contributed by atoms with E-state index in [1.807, 2.05) is 19.9 Å². The number of rotatable bonds is 0. The van der Waals surface area contributed by atoms with Crippen LogP contribution in [0, 0.1) is 72.9 Å². The van der Waals surface area contributed by atoms with Crippen LogP contribution in [0.4, 0.5) is 0 Å². The second-order valence-corrected chi connectivity index (χ2v) is 15.2. The third-order valence-corrected chi connectivity index (χ3v) is 12.9. The number of ether oxygens (including phenoxy) is 1. The number of allylic oxidation sites excluding steroid dienone is 1. The van der Waals surface area contributed by atoms with Gasteiger partial charge in [-0.2, -0.15) is 10.5 Å². The lowest BCUT2D eigenvalue weighted by molar-refractivity contribution is -0.167. The summed E-state index contributed by atoms with van der Waals surface area (Å²) < 4.78 is 6.07. The topological polar surface area (TPSA) is 94.2 Å². The Kier molecular flexibility index (Phi) is 4.42. The molecule has 0 aromatic heterocycles. The summed E-state index contributed by atoms with van der Waals surface area (Å²) in [5.74, 6) is -0.0156. The van der Waals surface area contributed by atoms with Gasteiger partial charge in [0.25, 0.3) is 0 Å². The second kappa shape index (κ2) is 6.53. The Hall–Kier alpha value is -1.98. The molecule has 5 aliphatic carbocycles. The fourth-order valence-electron chi connectivity index (χ4n) is 10.7. The van der Waals surface area contributed by atoms with Crippen LogP contribution in [-0.4, -0.2) is 23.3 Å². The van der Waals surface area contributed by atoms with Crippen molar-refractivity contribution in [1.29, 1.82) is 10.5 Å². The number of ketones is 2. The first-order valence-corrected chi connectivity index (χ1v) is 13.9. The number of fused-ring (bicyclic) bond motifs is 9. The van der Waals surface area contributed by atoms with Gasteiger partial charge in [0.15, 0.2) is 11.6 Å². The highest BCUT2D eigenvalue weighted by Crippen LogP contribution is 2.77. The van der Waals surface area contributed by atoms with Crippen molar-refractivity contribution in [1.82, 2.24) is 0 Å². The standard InChI is InChI=1S/C31H40N2O3/c1-25(2)10-12-30(16-32)13-11-28(6)22(18(30)15-25)19(34)14-21-27(28,5)9-8-20-26(3,4)23(35)31(17-33)24(36-31)29(20,21)7/h14,18,20,22,24H,8-13,15H2,1-7H3/t18?,20-,22?,24+,27+,28+,29-,30+,31-/m0/s1. The van der Waals surface area contributed by atoms with Crippen molar-refractivity contribution in [2.75, 3.05) is 0 Å². The minimum atomic E-state index is -1.38. The molecule has 5 nitrogen and oxygen atoms in total. The van der Waals surface area contributed by atoms with Gasteiger partial charge in [0.05, 0.1) is 11.5 Å². The van der Waals surface area contributed by atoms with Crippen LogP contribution in [0.3, 0.4) is 0 Å². The van der Waals surface area contributed by atoms with E-state index >= 15 is 0 Å². The maximum atomic E-state index is 14.3. The number of carbonyl (C=O) groups excluding carboxylic acids is 2. The molecule has 5 heteroatoms. The SMILES string of the molecule is CC1(C)CC[C@]2(C#N)CC[C@]3(C)C(C(=O)C=C4[C@@]5(C)[C@H]6O[C@@]6(C#N)C(=O)C(C)(C)[C@@H]5CC[C@]43C)C2C1. The first-order chi connectivity index (χ1) is 16.6. The molecule has 1 saturated heterocycles. The fraction of sp³-hybridized carbons (Fsp3) is 0.806. The normalized spacial score (nSPS) is 53.8. The van der Waals surface area contributed by atoms with E-state index < -0.39 is 27.9 Å². The van der Waals surface area contributed by atoms with E-state index in [0.29, 0.717) is 0 Å². The Morgan fingerprint density at radius 3 is 2.22 bits per heavy atom.